The van der Waals surface area contributed by atoms with E-state index in [4.69, 9.17) is 11.6 Å². The van der Waals surface area contributed by atoms with E-state index in [1.807, 2.05) is 6.07 Å². The molecule has 0 radical (unpaired) electrons. The smallest absolute Gasteiger partial charge is 0.256 e. The molecule has 2 atom stereocenters. The molecule has 2 aromatic rings. The molecule has 2 aromatic heterocycles. The lowest BCUT2D eigenvalue weighted by atomic mass is 9.82. The standard InChI is InChI=1S/C14H19ClN6/c1-10-4-2-5-11(8-10)9-16-13-18-12(15)19-14(20-13)21-7-3-6-17-21/h3,6-7,10-11H,2,4-5,8-9H2,1H3,(H,16,18,19,20). The van der Waals surface area contributed by atoms with Crippen molar-refractivity contribution in [3.05, 3.63) is 23.7 Å². The quantitative estimate of drug-likeness (QED) is 0.940. The molecule has 3 rings (SSSR count). The minimum absolute atomic E-state index is 0.176. The molecular formula is C14H19ClN6. The molecule has 2 heterocycles. The van der Waals surface area contributed by atoms with Crippen LogP contribution in [-0.2, 0) is 0 Å². The molecule has 1 fully saturated rings. The largest absolute Gasteiger partial charge is 0.354 e. The fraction of sp³-hybridized carbons (Fsp3) is 0.571. The van der Waals surface area contributed by atoms with E-state index in [-0.39, 0.29) is 5.28 Å². The summed E-state index contributed by atoms with van der Waals surface area (Å²) in [7, 11) is 0. The minimum Gasteiger partial charge on any atom is -0.354 e. The summed E-state index contributed by atoms with van der Waals surface area (Å²) in [6.07, 6.45) is 8.63. The highest BCUT2D eigenvalue weighted by atomic mass is 35.5. The summed E-state index contributed by atoms with van der Waals surface area (Å²) in [5, 5.41) is 7.57. The summed E-state index contributed by atoms with van der Waals surface area (Å²) in [6, 6.07) is 1.81. The third-order valence-corrected chi connectivity index (χ3v) is 4.07. The van der Waals surface area contributed by atoms with Crippen LogP contribution in [0.1, 0.15) is 32.6 Å². The highest BCUT2D eigenvalue weighted by Gasteiger charge is 2.19. The van der Waals surface area contributed by atoms with Crippen LogP contribution in [0, 0.1) is 11.8 Å². The van der Waals surface area contributed by atoms with E-state index in [0.29, 0.717) is 17.8 Å². The Morgan fingerprint density at radius 3 is 3.00 bits per heavy atom. The number of aromatic nitrogens is 5. The summed E-state index contributed by atoms with van der Waals surface area (Å²) in [5.41, 5.74) is 0. The molecule has 1 aliphatic carbocycles. The zero-order chi connectivity index (χ0) is 14.7. The fourth-order valence-electron chi connectivity index (χ4n) is 2.89. The maximum absolute atomic E-state index is 5.97. The number of hydrogen-bond donors (Lipinski definition) is 1. The molecule has 0 aromatic carbocycles. The van der Waals surface area contributed by atoms with Crippen molar-refractivity contribution in [2.75, 3.05) is 11.9 Å². The van der Waals surface area contributed by atoms with Crippen LogP contribution in [0.25, 0.3) is 5.95 Å². The summed E-state index contributed by atoms with van der Waals surface area (Å²) in [6.45, 7) is 3.20. The van der Waals surface area contributed by atoms with Crippen LogP contribution >= 0.6 is 11.6 Å². The number of anilines is 1. The van der Waals surface area contributed by atoms with Crippen molar-refractivity contribution in [2.24, 2.45) is 11.8 Å². The van der Waals surface area contributed by atoms with Gasteiger partial charge in [0.1, 0.15) is 0 Å². The molecule has 112 valence electrons. The van der Waals surface area contributed by atoms with Gasteiger partial charge in [-0.05, 0) is 42.3 Å². The number of nitrogens with one attached hydrogen (secondary N) is 1. The number of nitrogens with zero attached hydrogens (tertiary/aromatic N) is 5. The van der Waals surface area contributed by atoms with E-state index in [9.17, 15) is 0 Å². The Morgan fingerprint density at radius 1 is 1.33 bits per heavy atom. The molecule has 1 saturated carbocycles. The van der Waals surface area contributed by atoms with Gasteiger partial charge in [0.05, 0.1) is 0 Å². The highest BCUT2D eigenvalue weighted by molar-refractivity contribution is 6.28. The monoisotopic (exact) mass is 306 g/mol. The maximum atomic E-state index is 5.97. The van der Waals surface area contributed by atoms with Gasteiger partial charge in [-0.3, -0.25) is 0 Å². The van der Waals surface area contributed by atoms with Gasteiger partial charge in [-0.1, -0.05) is 19.8 Å². The van der Waals surface area contributed by atoms with Gasteiger partial charge in [-0.15, -0.1) is 0 Å². The molecule has 0 spiro atoms. The van der Waals surface area contributed by atoms with E-state index in [1.54, 1.807) is 17.1 Å². The average Bonchev–Trinajstić information content (AvgIpc) is 2.99. The van der Waals surface area contributed by atoms with E-state index in [0.717, 1.165) is 12.5 Å². The zero-order valence-electron chi connectivity index (χ0n) is 12.0. The predicted molar refractivity (Wildman–Crippen MR) is 81.6 cm³/mol. The van der Waals surface area contributed by atoms with E-state index in [2.05, 4.69) is 32.3 Å². The number of hydrogen-bond acceptors (Lipinski definition) is 5. The second-order valence-electron chi connectivity index (χ2n) is 5.70. The summed E-state index contributed by atoms with van der Waals surface area (Å²) in [4.78, 5) is 12.6. The van der Waals surface area contributed by atoms with Crippen LogP contribution in [0.5, 0.6) is 0 Å². The summed E-state index contributed by atoms with van der Waals surface area (Å²) in [5.74, 6) is 2.43. The Balaban J connectivity index is 1.68. The first kappa shape index (κ1) is 14.3. The fourth-order valence-corrected chi connectivity index (χ4v) is 3.04. The van der Waals surface area contributed by atoms with Gasteiger partial charge >= 0.3 is 0 Å². The lowest BCUT2D eigenvalue weighted by Gasteiger charge is -2.26. The van der Waals surface area contributed by atoms with Crippen molar-refractivity contribution >= 4 is 17.5 Å². The van der Waals surface area contributed by atoms with Crippen LogP contribution < -0.4 is 5.32 Å². The average molecular weight is 307 g/mol. The molecular weight excluding hydrogens is 288 g/mol. The highest BCUT2D eigenvalue weighted by Crippen LogP contribution is 2.28. The molecule has 1 aliphatic rings. The van der Waals surface area contributed by atoms with Gasteiger partial charge in [0.15, 0.2) is 0 Å². The van der Waals surface area contributed by atoms with Crippen molar-refractivity contribution in [3.63, 3.8) is 0 Å². The van der Waals surface area contributed by atoms with Crippen molar-refractivity contribution < 1.29 is 0 Å². The molecule has 0 amide bonds. The lowest BCUT2D eigenvalue weighted by Crippen LogP contribution is -2.22. The third kappa shape index (κ3) is 3.69. The van der Waals surface area contributed by atoms with Gasteiger partial charge in [0.2, 0.25) is 11.2 Å². The van der Waals surface area contributed by atoms with Crippen molar-refractivity contribution in [3.8, 4) is 5.95 Å². The second kappa shape index (κ2) is 6.39. The molecule has 21 heavy (non-hydrogen) atoms. The van der Waals surface area contributed by atoms with Gasteiger partial charge in [-0.2, -0.15) is 20.1 Å². The normalized spacial score (nSPS) is 22.2. The van der Waals surface area contributed by atoms with Crippen LogP contribution in [0.2, 0.25) is 5.28 Å². The Morgan fingerprint density at radius 2 is 2.24 bits per heavy atom. The second-order valence-corrected chi connectivity index (χ2v) is 6.04. The van der Waals surface area contributed by atoms with Gasteiger partial charge < -0.3 is 5.32 Å². The summed E-state index contributed by atoms with van der Waals surface area (Å²) < 4.78 is 1.57. The van der Waals surface area contributed by atoms with E-state index < -0.39 is 0 Å². The number of rotatable bonds is 4. The van der Waals surface area contributed by atoms with E-state index in [1.165, 1.54) is 25.7 Å². The van der Waals surface area contributed by atoms with Crippen molar-refractivity contribution in [1.29, 1.82) is 0 Å². The first-order valence-corrected chi connectivity index (χ1v) is 7.74. The topological polar surface area (TPSA) is 68.5 Å². The lowest BCUT2D eigenvalue weighted by molar-refractivity contribution is 0.293. The minimum atomic E-state index is 0.176. The van der Waals surface area contributed by atoms with Crippen LogP contribution in [0.4, 0.5) is 5.95 Å². The maximum Gasteiger partial charge on any atom is 0.256 e. The Kier molecular flexibility index (Phi) is 4.34. The number of halogens is 1. The predicted octanol–water partition coefficient (Wildman–Crippen LogP) is 2.95. The summed E-state index contributed by atoms with van der Waals surface area (Å²) >= 11 is 5.97. The van der Waals surface area contributed by atoms with E-state index >= 15 is 0 Å². The van der Waals surface area contributed by atoms with Crippen LogP contribution in [0.3, 0.4) is 0 Å². The molecule has 0 aliphatic heterocycles. The van der Waals surface area contributed by atoms with Crippen molar-refractivity contribution in [2.45, 2.75) is 32.6 Å². The van der Waals surface area contributed by atoms with Crippen LogP contribution in [-0.4, -0.2) is 31.3 Å². The van der Waals surface area contributed by atoms with Crippen LogP contribution in [0.15, 0.2) is 18.5 Å². The van der Waals surface area contributed by atoms with Gasteiger partial charge in [-0.25, -0.2) is 4.68 Å². The first-order chi connectivity index (χ1) is 10.2. The van der Waals surface area contributed by atoms with Gasteiger partial charge in [0, 0.05) is 18.9 Å². The molecule has 0 saturated heterocycles. The third-order valence-electron chi connectivity index (χ3n) is 3.90. The molecule has 6 nitrogen and oxygen atoms in total. The Bertz CT molecular complexity index is 585. The first-order valence-electron chi connectivity index (χ1n) is 7.36. The Hall–Kier alpha value is -1.69. The molecule has 2 unspecified atom stereocenters. The zero-order valence-corrected chi connectivity index (χ0v) is 12.8. The van der Waals surface area contributed by atoms with Crippen molar-refractivity contribution in [1.82, 2.24) is 24.7 Å². The molecule has 0 bridgehead atoms. The molecule has 1 N–H and O–H groups in total. The Labute approximate surface area is 129 Å². The SMILES string of the molecule is CC1CCCC(CNc2nc(Cl)nc(-n3cccn3)n2)C1. The van der Waals surface area contributed by atoms with Gasteiger partial charge in [0.25, 0.3) is 5.95 Å². The molecule has 7 heteroatoms.